The molecular weight excluding hydrogens is 352 g/mol. The quantitative estimate of drug-likeness (QED) is 0.117. The van der Waals surface area contributed by atoms with E-state index in [9.17, 15) is 9.59 Å². The predicted molar refractivity (Wildman–Crippen MR) is 116 cm³/mol. The molecule has 0 rings (SSSR count). The maximum Gasteiger partial charge on any atom is 0.339 e. The van der Waals surface area contributed by atoms with Gasteiger partial charge in [-0.2, -0.15) is 0 Å². The third-order valence-electron chi connectivity index (χ3n) is 5.14. The van der Waals surface area contributed by atoms with Gasteiger partial charge in [0.25, 0.3) is 0 Å². The van der Waals surface area contributed by atoms with E-state index < -0.39 is 11.9 Å². The number of carbonyl (C=O) groups is 2. The first kappa shape index (κ1) is 27.1. The number of carbonyl (C=O) groups excluding carboxylic acids is 2. The standard InChI is InChI=1S/C24H46O4/c1-3-5-6-7-8-9-10-11-12-13-14-15-16-17-18-19-20-21-23(25)28-24(26)22-27-4-2/h3-22H2,1-2H3. The molecule has 0 atom stereocenters. The fourth-order valence-electron chi connectivity index (χ4n) is 3.39. The fraction of sp³-hybridized carbons (Fsp3) is 0.917. The predicted octanol–water partition coefficient (Wildman–Crippen LogP) is 7.13. The smallest absolute Gasteiger partial charge is 0.339 e. The van der Waals surface area contributed by atoms with Gasteiger partial charge >= 0.3 is 11.9 Å². The van der Waals surface area contributed by atoms with Crippen LogP contribution in [0.25, 0.3) is 0 Å². The first-order valence-corrected chi connectivity index (χ1v) is 12.0. The molecule has 166 valence electrons. The molecule has 0 aromatic carbocycles. The number of esters is 2. The topological polar surface area (TPSA) is 52.6 Å². The summed E-state index contributed by atoms with van der Waals surface area (Å²) in [5.41, 5.74) is 0. The molecular formula is C24H46O4. The molecule has 0 radical (unpaired) electrons. The van der Waals surface area contributed by atoms with Crippen LogP contribution in [-0.4, -0.2) is 25.2 Å². The van der Waals surface area contributed by atoms with Crippen molar-refractivity contribution in [2.45, 2.75) is 129 Å². The highest BCUT2D eigenvalue weighted by atomic mass is 16.6. The average molecular weight is 399 g/mol. The van der Waals surface area contributed by atoms with Crippen LogP contribution in [0.4, 0.5) is 0 Å². The molecule has 0 spiro atoms. The number of hydrogen-bond donors (Lipinski definition) is 0. The van der Waals surface area contributed by atoms with Crippen molar-refractivity contribution in [2.75, 3.05) is 13.2 Å². The van der Waals surface area contributed by atoms with Gasteiger partial charge in [-0.3, -0.25) is 4.79 Å². The Morgan fingerprint density at radius 3 is 1.32 bits per heavy atom. The molecule has 4 heteroatoms. The van der Waals surface area contributed by atoms with Gasteiger partial charge in [-0.25, -0.2) is 4.79 Å². The summed E-state index contributed by atoms with van der Waals surface area (Å²) in [6.07, 6.45) is 22.7. The second kappa shape index (κ2) is 22.4. The van der Waals surface area contributed by atoms with Crippen LogP contribution in [0.5, 0.6) is 0 Å². The van der Waals surface area contributed by atoms with Crippen molar-refractivity contribution in [3.05, 3.63) is 0 Å². The van der Waals surface area contributed by atoms with Gasteiger partial charge in [0.2, 0.25) is 0 Å². The van der Waals surface area contributed by atoms with E-state index in [1.807, 2.05) is 0 Å². The number of rotatable bonds is 21. The third-order valence-corrected chi connectivity index (χ3v) is 5.14. The summed E-state index contributed by atoms with van der Waals surface area (Å²) in [6, 6.07) is 0. The van der Waals surface area contributed by atoms with E-state index in [0.717, 1.165) is 19.3 Å². The lowest BCUT2D eigenvalue weighted by Gasteiger charge is -2.04. The molecule has 0 N–H and O–H groups in total. The van der Waals surface area contributed by atoms with E-state index in [1.54, 1.807) is 6.92 Å². The molecule has 0 heterocycles. The number of ether oxygens (including phenoxy) is 2. The zero-order valence-electron chi connectivity index (χ0n) is 18.8. The van der Waals surface area contributed by atoms with Gasteiger partial charge in [0.15, 0.2) is 0 Å². The van der Waals surface area contributed by atoms with Crippen LogP contribution in [0.15, 0.2) is 0 Å². The molecule has 0 fully saturated rings. The van der Waals surface area contributed by atoms with Gasteiger partial charge in [-0.05, 0) is 13.3 Å². The van der Waals surface area contributed by atoms with Gasteiger partial charge in [-0.15, -0.1) is 0 Å². The van der Waals surface area contributed by atoms with Gasteiger partial charge < -0.3 is 9.47 Å². The second-order valence-electron chi connectivity index (χ2n) is 7.89. The SMILES string of the molecule is CCCCCCCCCCCCCCCCCCCC(=O)OC(=O)COCC. The summed E-state index contributed by atoms with van der Waals surface area (Å²) >= 11 is 0. The van der Waals surface area contributed by atoms with Crippen LogP contribution in [0.2, 0.25) is 0 Å². The van der Waals surface area contributed by atoms with Crippen LogP contribution in [0.3, 0.4) is 0 Å². The maximum absolute atomic E-state index is 11.5. The number of hydrogen-bond acceptors (Lipinski definition) is 4. The molecule has 0 aliphatic carbocycles. The van der Waals surface area contributed by atoms with Crippen LogP contribution in [0, 0.1) is 0 Å². The van der Waals surface area contributed by atoms with E-state index in [4.69, 9.17) is 4.74 Å². The molecule has 0 aromatic rings. The molecule has 0 aliphatic rings. The molecule has 4 nitrogen and oxygen atoms in total. The minimum Gasteiger partial charge on any atom is -0.391 e. The summed E-state index contributed by atoms with van der Waals surface area (Å²) in [7, 11) is 0. The first-order valence-electron chi connectivity index (χ1n) is 12.0. The summed E-state index contributed by atoms with van der Waals surface area (Å²) in [5.74, 6) is -1.01. The molecule has 0 aromatic heterocycles. The average Bonchev–Trinajstić information content (AvgIpc) is 2.68. The Labute approximate surface area is 174 Å². The Bertz CT molecular complexity index is 355. The lowest BCUT2D eigenvalue weighted by molar-refractivity contribution is -0.162. The van der Waals surface area contributed by atoms with Crippen molar-refractivity contribution < 1.29 is 19.1 Å². The summed E-state index contributed by atoms with van der Waals surface area (Å²) in [4.78, 5) is 22.7. The highest BCUT2D eigenvalue weighted by Gasteiger charge is 2.09. The second-order valence-corrected chi connectivity index (χ2v) is 7.89. The van der Waals surface area contributed by atoms with E-state index in [-0.39, 0.29) is 6.61 Å². The summed E-state index contributed by atoms with van der Waals surface area (Å²) in [6.45, 7) is 4.38. The van der Waals surface area contributed by atoms with Gasteiger partial charge in [-0.1, -0.05) is 110 Å². The molecule has 28 heavy (non-hydrogen) atoms. The van der Waals surface area contributed by atoms with Crippen LogP contribution < -0.4 is 0 Å². The molecule has 0 unspecified atom stereocenters. The van der Waals surface area contributed by atoms with Crippen molar-refractivity contribution in [2.24, 2.45) is 0 Å². The normalized spacial score (nSPS) is 10.9. The summed E-state index contributed by atoms with van der Waals surface area (Å²) in [5, 5.41) is 0. The fourth-order valence-corrected chi connectivity index (χ4v) is 3.39. The lowest BCUT2D eigenvalue weighted by Crippen LogP contribution is -2.17. The van der Waals surface area contributed by atoms with E-state index in [0.29, 0.717) is 13.0 Å². The lowest BCUT2D eigenvalue weighted by atomic mass is 10.0. The monoisotopic (exact) mass is 398 g/mol. The molecule has 0 aliphatic heterocycles. The van der Waals surface area contributed by atoms with Crippen LogP contribution in [0.1, 0.15) is 129 Å². The third kappa shape index (κ3) is 21.4. The van der Waals surface area contributed by atoms with E-state index >= 15 is 0 Å². The van der Waals surface area contributed by atoms with E-state index in [1.165, 1.54) is 89.9 Å². The van der Waals surface area contributed by atoms with Crippen molar-refractivity contribution >= 4 is 11.9 Å². The minimum absolute atomic E-state index is 0.138. The molecule has 0 saturated heterocycles. The number of unbranched alkanes of at least 4 members (excludes halogenated alkanes) is 16. The Morgan fingerprint density at radius 1 is 0.536 bits per heavy atom. The zero-order chi connectivity index (χ0) is 20.7. The highest BCUT2D eigenvalue weighted by Crippen LogP contribution is 2.14. The van der Waals surface area contributed by atoms with Crippen molar-refractivity contribution in [1.29, 1.82) is 0 Å². The largest absolute Gasteiger partial charge is 0.391 e. The Balaban J connectivity index is 3.17. The zero-order valence-corrected chi connectivity index (χ0v) is 18.8. The molecule has 0 bridgehead atoms. The Kier molecular flexibility index (Phi) is 21.7. The molecule has 0 saturated carbocycles. The van der Waals surface area contributed by atoms with Crippen LogP contribution in [-0.2, 0) is 19.1 Å². The van der Waals surface area contributed by atoms with Crippen molar-refractivity contribution in [3.8, 4) is 0 Å². The van der Waals surface area contributed by atoms with E-state index in [2.05, 4.69) is 11.7 Å². The van der Waals surface area contributed by atoms with Gasteiger partial charge in [0.05, 0.1) is 0 Å². The van der Waals surface area contributed by atoms with Gasteiger partial charge in [0, 0.05) is 13.0 Å². The van der Waals surface area contributed by atoms with Crippen molar-refractivity contribution in [3.63, 3.8) is 0 Å². The molecule has 0 amide bonds. The first-order chi connectivity index (χ1) is 13.7. The summed E-state index contributed by atoms with van der Waals surface area (Å²) < 4.78 is 9.59. The van der Waals surface area contributed by atoms with Gasteiger partial charge in [0.1, 0.15) is 6.61 Å². The Hall–Kier alpha value is -0.900. The van der Waals surface area contributed by atoms with Crippen molar-refractivity contribution in [1.82, 2.24) is 0 Å². The maximum atomic E-state index is 11.5. The Morgan fingerprint density at radius 2 is 0.929 bits per heavy atom. The van der Waals surface area contributed by atoms with Crippen LogP contribution >= 0.6 is 0 Å². The highest BCUT2D eigenvalue weighted by molar-refractivity contribution is 5.85. The minimum atomic E-state index is -0.584.